The molecule has 0 aliphatic heterocycles. The normalized spacial score (nSPS) is 11.0. The van der Waals surface area contributed by atoms with E-state index in [1.165, 1.54) is 0 Å². The first kappa shape index (κ1) is 14.2. The highest BCUT2D eigenvalue weighted by Crippen LogP contribution is 2.27. The second kappa shape index (κ2) is 5.68. The third kappa shape index (κ3) is 2.80. The van der Waals surface area contributed by atoms with Crippen molar-refractivity contribution in [1.29, 1.82) is 0 Å². The summed E-state index contributed by atoms with van der Waals surface area (Å²) < 4.78 is 7.00. The fraction of sp³-hybridized carbons (Fsp3) is 0. The summed E-state index contributed by atoms with van der Waals surface area (Å²) in [5, 5.41) is 7.46. The van der Waals surface area contributed by atoms with Crippen LogP contribution >= 0.6 is 27.7 Å². The Labute approximate surface area is 144 Å². The van der Waals surface area contributed by atoms with Crippen LogP contribution in [0.1, 0.15) is 0 Å². The molecule has 1 aromatic carbocycles. The van der Waals surface area contributed by atoms with Crippen LogP contribution in [0.3, 0.4) is 0 Å². The van der Waals surface area contributed by atoms with Gasteiger partial charge in [0.2, 0.25) is 5.28 Å². The lowest BCUT2D eigenvalue weighted by Crippen LogP contribution is -1.96. The smallest absolute Gasteiger partial charge is 0.225 e. The van der Waals surface area contributed by atoms with E-state index in [4.69, 9.17) is 16.0 Å². The maximum Gasteiger partial charge on any atom is 0.225 e. The van der Waals surface area contributed by atoms with Crippen molar-refractivity contribution < 1.29 is 4.42 Å². The van der Waals surface area contributed by atoms with Crippen molar-refractivity contribution in [2.45, 2.75) is 0 Å². The molecule has 0 radical (unpaired) electrons. The molecule has 0 atom stereocenters. The van der Waals surface area contributed by atoms with Crippen molar-refractivity contribution in [1.82, 2.24) is 18.8 Å². The third-order valence-corrected chi connectivity index (χ3v) is 3.87. The Morgan fingerprint density at radius 3 is 2.65 bits per heavy atom. The van der Waals surface area contributed by atoms with Gasteiger partial charge in [0.05, 0.1) is 28.6 Å². The first-order valence-corrected chi connectivity index (χ1v) is 7.77. The van der Waals surface area contributed by atoms with Gasteiger partial charge in [-0.1, -0.05) is 12.1 Å². The van der Waals surface area contributed by atoms with E-state index in [0.29, 0.717) is 16.9 Å². The lowest BCUT2D eigenvalue weighted by Gasteiger charge is -2.07. The molecule has 0 saturated heterocycles. The predicted molar refractivity (Wildman–Crippen MR) is 92.1 cm³/mol. The van der Waals surface area contributed by atoms with E-state index in [-0.39, 0.29) is 5.28 Å². The van der Waals surface area contributed by atoms with Gasteiger partial charge < -0.3 is 9.73 Å². The minimum Gasteiger partial charge on any atom is -0.459 e. The van der Waals surface area contributed by atoms with Gasteiger partial charge >= 0.3 is 0 Å². The number of nitrogens with zero attached hydrogens (tertiary/aromatic N) is 4. The van der Waals surface area contributed by atoms with E-state index in [2.05, 4.69) is 36.5 Å². The maximum atomic E-state index is 5.94. The topological polar surface area (TPSA) is 68.8 Å². The highest BCUT2D eigenvalue weighted by molar-refractivity contribution is 9.08. The average molecular weight is 391 g/mol. The highest BCUT2D eigenvalue weighted by Gasteiger charge is 2.10. The maximum absolute atomic E-state index is 5.94. The fourth-order valence-electron chi connectivity index (χ4n) is 2.25. The van der Waals surface area contributed by atoms with Gasteiger partial charge in [-0.3, -0.25) is 0 Å². The van der Waals surface area contributed by atoms with Crippen molar-refractivity contribution >= 4 is 50.4 Å². The van der Waals surface area contributed by atoms with Crippen LogP contribution in [0.5, 0.6) is 0 Å². The Balaban J connectivity index is 1.65. The lowest BCUT2D eigenvalue weighted by atomic mass is 10.1. The molecule has 0 aliphatic carbocycles. The van der Waals surface area contributed by atoms with Crippen LogP contribution in [0, 0.1) is 0 Å². The summed E-state index contributed by atoms with van der Waals surface area (Å²) in [5.41, 5.74) is 4.18. The van der Waals surface area contributed by atoms with Crippen molar-refractivity contribution in [2.24, 2.45) is 0 Å². The van der Waals surface area contributed by atoms with Crippen LogP contribution in [0.25, 0.3) is 22.2 Å². The molecule has 6 nitrogen and oxygen atoms in total. The molecule has 23 heavy (non-hydrogen) atoms. The summed E-state index contributed by atoms with van der Waals surface area (Å²) in [4.78, 5) is 8.28. The summed E-state index contributed by atoms with van der Waals surface area (Å²) in [6, 6.07) is 9.63. The molecule has 4 rings (SSSR count). The molecule has 0 fully saturated rings. The van der Waals surface area contributed by atoms with Gasteiger partial charge in [-0.15, -0.1) is 0 Å². The summed E-state index contributed by atoms with van der Waals surface area (Å²) in [5.74, 6) is 0.533. The van der Waals surface area contributed by atoms with Crippen LogP contribution in [-0.2, 0) is 0 Å². The standard InChI is InChI=1S/C15H9BrClN5O/c16-22-8-10(7-18-22)9-1-3-11(4-2-9)19-14-13-12(5-6-23-13)20-15(17)21-14/h1-8H,(H,19,20,21). The zero-order valence-corrected chi connectivity index (χ0v) is 13.9. The minimum atomic E-state index is 0.169. The summed E-state index contributed by atoms with van der Waals surface area (Å²) >= 11 is 9.21. The van der Waals surface area contributed by atoms with E-state index in [9.17, 15) is 0 Å². The Bertz CT molecular complexity index is 979. The van der Waals surface area contributed by atoms with Crippen LogP contribution in [-0.4, -0.2) is 18.8 Å². The van der Waals surface area contributed by atoms with Crippen LogP contribution in [0.4, 0.5) is 11.5 Å². The van der Waals surface area contributed by atoms with Crippen molar-refractivity contribution in [2.75, 3.05) is 5.32 Å². The quantitative estimate of drug-likeness (QED) is 0.516. The number of benzene rings is 1. The molecule has 0 spiro atoms. The molecule has 0 aliphatic rings. The molecular formula is C15H9BrClN5O. The second-order valence-electron chi connectivity index (χ2n) is 4.80. The van der Waals surface area contributed by atoms with Crippen molar-refractivity contribution in [3.8, 4) is 11.1 Å². The molecule has 3 aromatic heterocycles. The molecule has 4 aromatic rings. The molecule has 0 unspecified atom stereocenters. The molecular weight excluding hydrogens is 382 g/mol. The molecule has 0 bridgehead atoms. The van der Waals surface area contributed by atoms with Gasteiger partial charge in [-0.2, -0.15) is 10.1 Å². The highest BCUT2D eigenvalue weighted by atomic mass is 79.9. The summed E-state index contributed by atoms with van der Waals surface area (Å²) in [6.45, 7) is 0. The van der Waals surface area contributed by atoms with E-state index in [0.717, 1.165) is 16.8 Å². The number of nitrogens with one attached hydrogen (secondary N) is 1. The molecule has 1 N–H and O–H groups in total. The SMILES string of the molecule is Clc1nc(Nc2ccc(-c3cnn(Br)c3)cc2)c2occc2n1. The number of aromatic nitrogens is 4. The van der Waals surface area contributed by atoms with E-state index in [1.54, 1.807) is 22.2 Å². The lowest BCUT2D eigenvalue weighted by molar-refractivity contribution is 0.615. The van der Waals surface area contributed by atoms with Gasteiger partial charge in [-0.05, 0) is 29.3 Å². The first-order valence-electron chi connectivity index (χ1n) is 6.68. The Hall–Kier alpha value is -2.38. The average Bonchev–Trinajstić information content (AvgIpc) is 3.17. The zero-order chi connectivity index (χ0) is 15.8. The Morgan fingerprint density at radius 2 is 1.91 bits per heavy atom. The van der Waals surface area contributed by atoms with E-state index < -0.39 is 0 Å². The Morgan fingerprint density at radius 1 is 1.09 bits per heavy atom. The monoisotopic (exact) mass is 389 g/mol. The number of hydrogen-bond donors (Lipinski definition) is 1. The first-order chi connectivity index (χ1) is 11.2. The number of hydrogen-bond acceptors (Lipinski definition) is 5. The zero-order valence-electron chi connectivity index (χ0n) is 11.6. The third-order valence-electron chi connectivity index (χ3n) is 3.31. The van der Waals surface area contributed by atoms with Crippen LogP contribution in [0.2, 0.25) is 5.28 Å². The number of anilines is 2. The molecule has 0 saturated carbocycles. The minimum absolute atomic E-state index is 0.169. The molecule has 8 heteroatoms. The van der Waals surface area contributed by atoms with Crippen LogP contribution in [0.15, 0.2) is 53.4 Å². The molecule has 3 heterocycles. The number of furan rings is 1. The Kier molecular flexibility index (Phi) is 3.51. The van der Waals surface area contributed by atoms with E-state index >= 15 is 0 Å². The van der Waals surface area contributed by atoms with Gasteiger partial charge in [0.25, 0.3) is 0 Å². The molecule has 114 valence electrons. The number of rotatable bonds is 3. The fourth-order valence-corrected chi connectivity index (χ4v) is 2.74. The van der Waals surface area contributed by atoms with Gasteiger partial charge in [-0.25, -0.2) is 8.69 Å². The van der Waals surface area contributed by atoms with Crippen molar-refractivity contribution in [3.05, 3.63) is 54.3 Å². The van der Waals surface area contributed by atoms with Gasteiger partial charge in [0.1, 0.15) is 5.52 Å². The largest absolute Gasteiger partial charge is 0.459 e. The van der Waals surface area contributed by atoms with E-state index in [1.807, 2.05) is 30.5 Å². The number of halogens is 2. The van der Waals surface area contributed by atoms with Gasteiger partial charge in [0.15, 0.2) is 11.4 Å². The summed E-state index contributed by atoms with van der Waals surface area (Å²) in [7, 11) is 0. The van der Waals surface area contributed by atoms with Gasteiger partial charge in [0, 0.05) is 23.5 Å². The number of fused-ring (bicyclic) bond motifs is 1. The van der Waals surface area contributed by atoms with Crippen molar-refractivity contribution in [3.63, 3.8) is 0 Å². The predicted octanol–water partition coefficient (Wildman–Crippen LogP) is 4.64. The van der Waals surface area contributed by atoms with Crippen LogP contribution < -0.4 is 5.32 Å². The molecule has 0 amide bonds. The summed E-state index contributed by atoms with van der Waals surface area (Å²) in [6.07, 6.45) is 5.23. The second-order valence-corrected chi connectivity index (χ2v) is 5.86.